The van der Waals surface area contributed by atoms with Crippen molar-refractivity contribution in [2.24, 2.45) is 0 Å². The number of benzene rings is 1. The number of anilines is 1. The Morgan fingerprint density at radius 3 is 2.59 bits per heavy atom. The Hall–Kier alpha value is -3.17. The second-order valence-corrected chi connectivity index (χ2v) is 7.27. The third-order valence-corrected chi connectivity index (χ3v) is 5.21. The van der Waals surface area contributed by atoms with E-state index < -0.39 is 23.1 Å². The van der Waals surface area contributed by atoms with Gasteiger partial charge in [-0.1, -0.05) is 23.7 Å². The molecule has 1 amide bonds. The Labute approximate surface area is 173 Å². The minimum absolute atomic E-state index is 0.0270. The average molecular weight is 434 g/mol. The van der Waals surface area contributed by atoms with Crippen molar-refractivity contribution < 1.29 is 14.3 Å². The molecule has 3 rings (SSSR count). The maximum atomic E-state index is 12.4. The van der Waals surface area contributed by atoms with Crippen LogP contribution < -0.4 is 16.6 Å². The molecule has 0 bridgehead atoms. The number of aryl methyl sites for hydroxylation is 1. The van der Waals surface area contributed by atoms with Gasteiger partial charge in [-0.3, -0.25) is 14.6 Å². The Morgan fingerprint density at radius 1 is 1.21 bits per heavy atom. The number of methoxy groups -OCH3 is 1. The van der Waals surface area contributed by atoms with Gasteiger partial charge in [0.25, 0.3) is 5.56 Å². The molecule has 0 fully saturated rings. The first-order valence-electron chi connectivity index (χ1n) is 8.44. The Bertz CT molecular complexity index is 1160. The zero-order valence-corrected chi connectivity index (χ0v) is 16.8. The molecule has 0 unspecified atom stereocenters. The van der Waals surface area contributed by atoms with E-state index in [9.17, 15) is 19.2 Å². The predicted molar refractivity (Wildman–Crippen MR) is 111 cm³/mol. The molecule has 1 aromatic carbocycles. The summed E-state index contributed by atoms with van der Waals surface area (Å²) in [4.78, 5) is 49.6. The fourth-order valence-electron chi connectivity index (χ4n) is 2.63. The van der Waals surface area contributed by atoms with Crippen LogP contribution in [0.2, 0.25) is 5.02 Å². The van der Waals surface area contributed by atoms with Crippen molar-refractivity contribution in [2.75, 3.05) is 12.4 Å². The highest BCUT2D eigenvalue weighted by Gasteiger charge is 2.22. The lowest BCUT2D eigenvalue weighted by molar-refractivity contribution is -0.116. The van der Waals surface area contributed by atoms with Gasteiger partial charge in [0.05, 0.1) is 7.11 Å². The number of hydrogen-bond donors (Lipinski definition) is 2. The molecule has 2 aromatic heterocycles. The van der Waals surface area contributed by atoms with E-state index in [0.29, 0.717) is 15.6 Å². The minimum Gasteiger partial charge on any atom is -0.465 e. The third-order valence-electron chi connectivity index (χ3n) is 4.07. The maximum Gasteiger partial charge on any atom is 0.341 e. The van der Waals surface area contributed by atoms with E-state index in [-0.39, 0.29) is 18.5 Å². The van der Waals surface area contributed by atoms with Crippen LogP contribution in [0.1, 0.15) is 16.8 Å². The van der Waals surface area contributed by atoms with Gasteiger partial charge in [0.15, 0.2) is 0 Å². The Morgan fingerprint density at radius 2 is 1.93 bits per heavy atom. The van der Waals surface area contributed by atoms with Gasteiger partial charge in [0.2, 0.25) is 5.91 Å². The number of nitrogens with one attached hydrogen (secondary N) is 2. The van der Waals surface area contributed by atoms with E-state index >= 15 is 0 Å². The lowest BCUT2D eigenvalue weighted by Gasteiger charge is -2.08. The average Bonchev–Trinajstić information content (AvgIpc) is 3.10. The largest absolute Gasteiger partial charge is 0.465 e. The van der Waals surface area contributed by atoms with Crippen LogP contribution in [0.4, 0.5) is 5.00 Å². The van der Waals surface area contributed by atoms with Crippen LogP contribution in [0.3, 0.4) is 0 Å². The Kier molecular flexibility index (Phi) is 6.30. The monoisotopic (exact) mass is 433 g/mol. The number of H-pyrrole nitrogens is 1. The molecule has 10 heteroatoms. The molecule has 150 valence electrons. The van der Waals surface area contributed by atoms with Crippen molar-refractivity contribution in [3.63, 3.8) is 0 Å². The van der Waals surface area contributed by atoms with Crippen molar-refractivity contribution in [3.8, 4) is 11.1 Å². The predicted octanol–water partition coefficient (Wildman–Crippen LogP) is 2.73. The molecule has 0 atom stereocenters. The van der Waals surface area contributed by atoms with Crippen molar-refractivity contribution in [1.82, 2.24) is 9.55 Å². The van der Waals surface area contributed by atoms with Crippen LogP contribution in [0.5, 0.6) is 0 Å². The van der Waals surface area contributed by atoms with Crippen molar-refractivity contribution in [1.29, 1.82) is 0 Å². The number of aromatic nitrogens is 2. The van der Waals surface area contributed by atoms with Gasteiger partial charge >= 0.3 is 11.7 Å². The lowest BCUT2D eigenvalue weighted by atomic mass is 10.0. The number of halogens is 1. The van der Waals surface area contributed by atoms with Crippen molar-refractivity contribution in [3.05, 3.63) is 73.3 Å². The number of thiophene rings is 1. The normalized spacial score (nSPS) is 10.6. The molecule has 0 saturated heterocycles. The number of aromatic amines is 1. The first kappa shape index (κ1) is 20.6. The van der Waals surface area contributed by atoms with E-state index in [1.807, 2.05) is 0 Å². The van der Waals surface area contributed by atoms with Crippen molar-refractivity contribution >= 4 is 39.8 Å². The summed E-state index contributed by atoms with van der Waals surface area (Å²) in [5.74, 6) is -0.971. The number of esters is 1. The highest BCUT2D eigenvalue weighted by atomic mass is 35.5. The number of hydrogen-bond acceptors (Lipinski definition) is 6. The summed E-state index contributed by atoms with van der Waals surface area (Å²) >= 11 is 7.11. The summed E-state index contributed by atoms with van der Waals surface area (Å²) in [5, 5.41) is 5.35. The van der Waals surface area contributed by atoms with E-state index in [0.717, 1.165) is 5.56 Å². The first-order valence-corrected chi connectivity index (χ1v) is 9.70. The maximum absolute atomic E-state index is 12.4. The highest BCUT2D eigenvalue weighted by Crippen LogP contribution is 2.36. The molecule has 0 aliphatic carbocycles. The van der Waals surface area contributed by atoms with Crippen molar-refractivity contribution in [2.45, 2.75) is 13.0 Å². The van der Waals surface area contributed by atoms with Gasteiger partial charge < -0.3 is 14.6 Å². The SMILES string of the molecule is COC(=O)c1c(-c2ccc(Cl)cc2)csc1NC(=O)CCn1ccc(=O)[nH]c1=O. The molecule has 0 saturated carbocycles. The van der Waals surface area contributed by atoms with E-state index in [1.165, 1.54) is 35.3 Å². The van der Waals surface area contributed by atoms with E-state index in [4.69, 9.17) is 16.3 Å². The topological polar surface area (TPSA) is 110 Å². The quantitative estimate of drug-likeness (QED) is 0.581. The summed E-state index contributed by atoms with van der Waals surface area (Å²) in [5.41, 5.74) is 0.514. The van der Waals surface area contributed by atoms with Gasteiger partial charge in [-0.15, -0.1) is 11.3 Å². The number of nitrogens with zero attached hydrogens (tertiary/aromatic N) is 1. The summed E-state index contributed by atoms with van der Waals surface area (Å²) in [6.45, 7) is 0.0738. The van der Waals surface area contributed by atoms with E-state index in [2.05, 4.69) is 10.3 Å². The molecule has 0 aliphatic rings. The van der Waals surface area contributed by atoms with Crippen LogP contribution in [0, 0.1) is 0 Å². The summed E-state index contributed by atoms with van der Waals surface area (Å²) in [6, 6.07) is 8.15. The lowest BCUT2D eigenvalue weighted by Crippen LogP contribution is -2.29. The van der Waals surface area contributed by atoms with Crippen LogP contribution in [-0.2, 0) is 16.1 Å². The van der Waals surface area contributed by atoms with Gasteiger partial charge in [-0.2, -0.15) is 0 Å². The van der Waals surface area contributed by atoms with E-state index in [1.54, 1.807) is 29.6 Å². The molecular formula is C19H16ClN3O5S. The van der Waals surface area contributed by atoms with Crippen LogP contribution in [0.25, 0.3) is 11.1 Å². The second-order valence-electron chi connectivity index (χ2n) is 5.95. The molecule has 2 N–H and O–H groups in total. The number of carbonyl (C=O) groups excluding carboxylic acids is 2. The molecular weight excluding hydrogens is 418 g/mol. The smallest absolute Gasteiger partial charge is 0.341 e. The fourth-order valence-corrected chi connectivity index (χ4v) is 3.73. The second kappa shape index (κ2) is 8.89. The number of amides is 1. The number of carbonyl (C=O) groups is 2. The molecule has 0 aliphatic heterocycles. The van der Waals surface area contributed by atoms with Crippen LogP contribution in [0.15, 0.2) is 51.5 Å². The molecule has 29 heavy (non-hydrogen) atoms. The van der Waals surface area contributed by atoms with Gasteiger partial charge in [-0.25, -0.2) is 9.59 Å². The summed E-state index contributed by atoms with van der Waals surface area (Å²) in [6.07, 6.45) is 1.29. The standard InChI is InChI=1S/C19H16ClN3O5S/c1-28-18(26)16-13(11-2-4-12(20)5-3-11)10-29-17(16)21-14(24)6-8-23-9-7-15(25)22-19(23)27/h2-5,7,9-10H,6,8H2,1H3,(H,21,24)(H,22,25,27). The highest BCUT2D eigenvalue weighted by molar-refractivity contribution is 7.15. The molecule has 2 heterocycles. The molecule has 0 spiro atoms. The fraction of sp³-hybridized carbons (Fsp3) is 0.158. The first-order chi connectivity index (χ1) is 13.9. The zero-order valence-electron chi connectivity index (χ0n) is 15.2. The summed E-state index contributed by atoms with van der Waals surface area (Å²) < 4.78 is 6.09. The molecule has 3 aromatic rings. The zero-order chi connectivity index (χ0) is 21.0. The van der Waals surface area contributed by atoms with Crippen LogP contribution >= 0.6 is 22.9 Å². The Balaban J connectivity index is 1.80. The van der Waals surface area contributed by atoms with Gasteiger partial charge in [0.1, 0.15) is 10.6 Å². The summed E-state index contributed by atoms with van der Waals surface area (Å²) in [7, 11) is 1.26. The number of ether oxygens (including phenoxy) is 1. The minimum atomic E-state index is -0.596. The van der Waals surface area contributed by atoms with Crippen LogP contribution in [-0.4, -0.2) is 28.5 Å². The number of rotatable bonds is 6. The van der Waals surface area contributed by atoms with Gasteiger partial charge in [0, 0.05) is 41.2 Å². The third kappa shape index (κ3) is 4.82. The van der Waals surface area contributed by atoms with Gasteiger partial charge in [-0.05, 0) is 17.7 Å². The molecule has 0 radical (unpaired) electrons. The molecule has 8 nitrogen and oxygen atoms in total.